The second-order valence-electron chi connectivity index (χ2n) is 2.70. The second-order valence-corrected chi connectivity index (χ2v) is 2.70. The van der Waals surface area contributed by atoms with E-state index in [1.807, 2.05) is 60.7 Å². The van der Waals surface area contributed by atoms with Crippen molar-refractivity contribution in [2.24, 2.45) is 0 Å². The van der Waals surface area contributed by atoms with E-state index in [4.69, 9.17) is 4.74 Å². The summed E-state index contributed by atoms with van der Waals surface area (Å²) in [4.78, 5) is 0. The van der Waals surface area contributed by atoms with Crippen molar-refractivity contribution >= 4 is 0 Å². The molecule has 1 heteroatoms. The molecular formula is C12H10O. The third-order valence-corrected chi connectivity index (χ3v) is 1.69. The minimum Gasteiger partial charge on any atom is -0.450 e. The number of rotatable bonds is 0. The molecule has 0 aromatic heterocycles. The highest BCUT2D eigenvalue weighted by Crippen LogP contribution is 2.43. The zero-order valence-corrected chi connectivity index (χ0v) is 7.18. The van der Waals surface area contributed by atoms with E-state index >= 15 is 0 Å². The normalized spacial score (nSPS) is 10.2. The van der Waals surface area contributed by atoms with E-state index in [1.165, 1.54) is 0 Å². The highest BCUT2D eigenvalue weighted by atomic mass is 16.6. The van der Waals surface area contributed by atoms with Crippen LogP contribution in [0.3, 0.4) is 0 Å². The Labute approximate surface area is 77.6 Å². The third-order valence-electron chi connectivity index (χ3n) is 1.69. The zero-order chi connectivity index (χ0) is 8.93. The average Bonchev–Trinajstić information content (AvgIpc) is 3.00. The maximum absolute atomic E-state index is 4.94. The van der Waals surface area contributed by atoms with Crippen molar-refractivity contribution in [1.82, 2.24) is 0 Å². The fourth-order valence-electron chi connectivity index (χ4n) is 0.996. The third kappa shape index (κ3) is 2.34. The van der Waals surface area contributed by atoms with Crippen molar-refractivity contribution < 1.29 is 4.74 Å². The Kier molecular flexibility index (Phi) is 2.28. The van der Waals surface area contributed by atoms with Gasteiger partial charge in [-0.2, -0.15) is 0 Å². The zero-order valence-electron chi connectivity index (χ0n) is 7.18. The molecule has 2 aromatic carbocycles. The second kappa shape index (κ2) is 3.76. The van der Waals surface area contributed by atoms with Gasteiger partial charge >= 0.3 is 0 Å². The summed E-state index contributed by atoms with van der Waals surface area (Å²) in [5.41, 5.74) is 0. The van der Waals surface area contributed by atoms with Crippen LogP contribution in [0.1, 0.15) is 0 Å². The van der Waals surface area contributed by atoms with Crippen molar-refractivity contribution in [2.45, 2.75) is 0 Å². The fourth-order valence-corrected chi connectivity index (χ4v) is 0.996. The molecule has 64 valence electrons. The summed E-state index contributed by atoms with van der Waals surface area (Å²) >= 11 is 0. The van der Waals surface area contributed by atoms with Crippen LogP contribution in [0, 0.1) is 0 Å². The number of hydrogen-bond donors (Lipinski definition) is 0. The van der Waals surface area contributed by atoms with Crippen molar-refractivity contribution in [1.29, 1.82) is 0 Å². The summed E-state index contributed by atoms with van der Waals surface area (Å²) in [5, 5.41) is 0. The maximum Gasteiger partial charge on any atom is 0.170 e. The van der Waals surface area contributed by atoms with E-state index in [-0.39, 0.29) is 0 Å². The van der Waals surface area contributed by atoms with E-state index in [2.05, 4.69) is 0 Å². The van der Waals surface area contributed by atoms with Crippen molar-refractivity contribution in [2.75, 3.05) is 0 Å². The molecule has 0 spiro atoms. The minimum atomic E-state index is 1.03. The molecule has 0 N–H and O–H groups in total. The molecule has 0 radical (unpaired) electrons. The van der Waals surface area contributed by atoms with Crippen LogP contribution < -0.4 is 4.74 Å². The van der Waals surface area contributed by atoms with Crippen LogP contribution in [0.4, 0.5) is 0 Å². The topological polar surface area (TPSA) is 12.5 Å². The molecule has 0 unspecified atom stereocenters. The lowest BCUT2D eigenvalue weighted by atomic mass is 10.4. The number of benzene rings is 2. The fraction of sp³-hybridized carbons (Fsp3) is 0. The number of hydrogen-bond acceptors (Lipinski definition) is 1. The molecule has 0 bridgehead atoms. The summed E-state index contributed by atoms with van der Waals surface area (Å²) in [7, 11) is 0. The molecular weight excluding hydrogens is 160 g/mol. The van der Waals surface area contributed by atoms with Gasteiger partial charge < -0.3 is 4.74 Å². The predicted molar refractivity (Wildman–Crippen MR) is 53.0 cm³/mol. The Bertz CT molecular complexity index is 320. The number of ether oxygens (including phenoxy) is 1. The summed E-state index contributed by atoms with van der Waals surface area (Å²) in [6, 6.07) is 19.8. The number of para-hydroxylation sites is 2. The highest BCUT2D eigenvalue weighted by molar-refractivity contribution is 5.53. The first-order chi connectivity index (χ1) is 6.47. The van der Waals surface area contributed by atoms with Gasteiger partial charge in [0.25, 0.3) is 0 Å². The van der Waals surface area contributed by atoms with Gasteiger partial charge in [-0.25, -0.2) is 0 Å². The molecule has 0 atom stereocenters. The molecule has 1 aliphatic heterocycles. The molecule has 0 amide bonds. The van der Waals surface area contributed by atoms with E-state index in [9.17, 15) is 0 Å². The summed E-state index contributed by atoms with van der Waals surface area (Å²) in [6.45, 7) is 0. The van der Waals surface area contributed by atoms with Gasteiger partial charge in [0, 0.05) is 0 Å². The Balaban J connectivity index is 0.000000102. The Morgan fingerprint density at radius 3 is 1.23 bits per heavy atom. The highest BCUT2D eigenvalue weighted by Gasteiger charge is 2.15. The first kappa shape index (κ1) is 7.87. The van der Waals surface area contributed by atoms with Gasteiger partial charge in [-0.3, -0.25) is 0 Å². The summed E-state index contributed by atoms with van der Waals surface area (Å²) in [5.74, 6) is 2.06. The lowest BCUT2D eigenvalue weighted by Crippen LogP contribution is -1.47. The first-order valence-electron chi connectivity index (χ1n) is 4.24. The van der Waals surface area contributed by atoms with Crippen molar-refractivity contribution in [3.63, 3.8) is 0 Å². The van der Waals surface area contributed by atoms with Crippen LogP contribution in [-0.2, 0) is 0 Å². The van der Waals surface area contributed by atoms with Crippen LogP contribution in [-0.4, -0.2) is 0 Å². The molecule has 0 saturated heterocycles. The minimum absolute atomic E-state index is 1.03. The summed E-state index contributed by atoms with van der Waals surface area (Å²) in [6.07, 6.45) is 0. The quantitative estimate of drug-likeness (QED) is 0.470. The SMILES string of the molecule is c1ccc2c(c1)O2.c1ccccc1. The standard InChI is InChI=1S/C6H4O.C6H6/c1-2-4-6-5(3-1)7-6;1-2-4-6-5-3-1/h1-4H;1-6H. The molecule has 0 fully saturated rings. The van der Waals surface area contributed by atoms with Crippen LogP contribution in [0.25, 0.3) is 0 Å². The molecule has 0 aliphatic carbocycles. The van der Waals surface area contributed by atoms with Crippen LogP contribution in [0.5, 0.6) is 11.5 Å². The molecule has 1 nitrogen and oxygen atoms in total. The van der Waals surface area contributed by atoms with Crippen LogP contribution in [0.15, 0.2) is 60.7 Å². The first-order valence-corrected chi connectivity index (χ1v) is 4.24. The molecule has 1 aliphatic rings. The van der Waals surface area contributed by atoms with Crippen molar-refractivity contribution in [3.05, 3.63) is 60.7 Å². The molecule has 0 saturated carbocycles. The average molecular weight is 170 g/mol. The molecule has 1 heterocycles. The lowest BCUT2D eigenvalue weighted by molar-refractivity contribution is 0.650. The number of fused-ring (bicyclic) bond motifs is 1. The Hall–Kier alpha value is -1.76. The van der Waals surface area contributed by atoms with Gasteiger partial charge in [-0.1, -0.05) is 48.5 Å². The van der Waals surface area contributed by atoms with Gasteiger partial charge in [-0.05, 0) is 12.1 Å². The van der Waals surface area contributed by atoms with E-state index in [1.54, 1.807) is 0 Å². The van der Waals surface area contributed by atoms with Gasteiger partial charge in [-0.15, -0.1) is 0 Å². The molecule has 3 rings (SSSR count). The lowest BCUT2D eigenvalue weighted by Gasteiger charge is -1.69. The maximum atomic E-state index is 4.94. The largest absolute Gasteiger partial charge is 0.450 e. The van der Waals surface area contributed by atoms with Crippen LogP contribution >= 0.6 is 0 Å². The van der Waals surface area contributed by atoms with E-state index < -0.39 is 0 Å². The monoisotopic (exact) mass is 170 g/mol. The smallest absolute Gasteiger partial charge is 0.170 e. The van der Waals surface area contributed by atoms with Crippen LogP contribution in [0.2, 0.25) is 0 Å². The van der Waals surface area contributed by atoms with E-state index in [0.717, 1.165) is 11.5 Å². The van der Waals surface area contributed by atoms with Crippen molar-refractivity contribution in [3.8, 4) is 11.5 Å². The predicted octanol–water partition coefficient (Wildman–Crippen LogP) is 3.48. The van der Waals surface area contributed by atoms with Gasteiger partial charge in [0.15, 0.2) is 11.5 Å². The van der Waals surface area contributed by atoms with Gasteiger partial charge in [0.1, 0.15) is 0 Å². The Morgan fingerprint density at radius 2 is 0.923 bits per heavy atom. The summed E-state index contributed by atoms with van der Waals surface area (Å²) < 4.78 is 4.94. The van der Waals surface area contributed by atoms with Gasteiger partial charge in [0.05, 0.1) is 0 Å². The Morgan fingerprint density at radius 1 is 0.538 bits per heavy atom. The molecule has 2 aromatic rings. The molecule has 13 heavy (non-hydrogen) atoms. The van der Waals surface area contributed by atoms with E-state index in [0.29, 0.717) is 0 Å². The van der Waals surface area contributed by atoms with Gasteiger partial charge in [0.2, 0.25) is 0 Å².